The molecule has 0 spiro atoms. The third-order valence-corrected chi connectivity index (χ3v) is 4.05. The molecule has 1 aromatic carbocycles. The van der Waals surface area contributed by atoms with Gasteiger partial charge in [-0.15, -0.1) is 0 Å². The second kappa shape index (κ2) is 8.03. The molecule has 0 saturated carbocycles. The van der Waals surface area contributed by atoms with Gasteiger partial charge >= 0.3 is 0 Å². The van der Waals surface area contributed by atoms with E-state index in [1.807, 2.05) is 6.92 Å². The van der Waals surface area contributed by atoms with Crippen molar-refractivity contribution in [3.05, 3.63) is 35.6 Å². The van der Waals surface area contributed by atoms with Gasteiger partial charge in [0.15, 0.2) is 5.78 Å². The number of rotatable bonds is 6. The molecule has 1 aliphatic rings. The molecule has 5 heteroatoms. The number of carbonyl (C=O) groups is 2. The minimum Gasteiger partial charge on any atom is -0.356 e. The summed E-state index contributed by atoms with van der Waals surface area (Å²) in [6.07, 6.45) is 2.29. The molecule has 2 rings (SSSR count). The van der Waals surface area contributed by atoms with E-state index >= 15 is 0 Å². The van der Waals surface area contributed by atoms with Crippen LogP contribution in [0.2, 0.25) is 0 Å². The summed E-state index contributed by atoms with van der Waals surface area (Å²) in [6, 6.07) is 5.65. The fourth-order valence-corrected chi connectivity index (χ4v) is 2.83. The molecular formula is C17H23FN2O2. The number of likely N-dealkylation sites (tertiary alicyclic amines) is 1. The summed E-state index contributed by atoms with van der Waals surface area (Å²) in [6.45, 7) is 4.85. The van der Waals surface area contributed by atoms with Gasteiger partial charge in [-0.3, -0.25) is 9.59 Å². The van der Waals surface area contributed by atoms with Crippen molar-refractivity contribution in [3.63, 3.8) is 0 Å². The van der Waals surface area contributed by atoms with Crippen molar-refractivity contribution >= 4 is 11.7 Å². The van der Waals surface area contributed by atoms with Crippen LogP contribution in [0.3, 0.4) is 0 Å². The van der Waals surface area contributed by atoms with Gasteiger partial charge in [-0.05, 0) is 50.6 Å². The Balaban J connectivity index is 1.82. The lowest BCUT2D eigenvalue weighted by atomic mass is 9.96. The number of nitrogens with one attached hydrogen (secondary N) is 1. The van der Waals surface area contributed by atoms with E-state index in [2.05, 4.69) is 10.2 Å². The summed E-state index contributed by atoms with van der Waals surface area (Å²) in [7, 11) is 0. The molecule has 0 aliphatic carbocycles. The number of nitrogens with zero attached hydrogens (tertiary/aromatic N) is 1. The van der Waals surface area contributed by atoms with E-state index < -0.39 is 0 Å². The number of hydrogen-bond acceptors (Lipinski definition) is 3. The quantitative estimate of drug-likeness (QED) is 0.820. The van der Waals surface area contributed by atoms with Gasteiger partial charge in [0.25, 0.3) is 0 Å². The minimum absolute atomic E-state index is 0.0140. The summed E-state index contributed by atoms with van der Waals surface area (Å²) >= 11 is 0. The maximum atomic E-state index is 12.9. The molecule has 0 bridgehead atoms. The lowest BCUT2D eigenvalue weighted by Gasteiger charge is -2.31. The second-order valence-corrected chi connectivity index (χ2v) is 5.71. The molecule has 4 nitrogen and oxygen atoms in total. The molecule has 0 unspecified atom stereocenters. The number of benzene rings is 1. The monoisotopic (exact) mass is 306 g/mol. The number of ketones is 1. The number of carbonyl (C=O) groups excluding carboxylic acids is 2. The Bertz CT molecular complexity index is 516. The van der Waals surface area contributed by atoms with Gasteiger partial charge in [0, 0.05) is 31.6 Å². The average Bonchev–Trinajstić information content (AvgIpc) is 2.54. The number of Topliss-reactive ketones (excluding diaryl/α,β-unsaturated/α-hetero) is 1. The van der Waals surface area contributed by atoms with Gasteiger partial charge in [-0.2, -0.15) is 0 Å². The normalized spacial score (nSPS) is 18.9. The van der Waals surface area contributed by atoms with Crippen molar-refractivity contribution in [2.24, 2.45) is 5.92 Å². The van der Waals surface area contributed by atoms with Crippen molar-refractivity contribution in [1.82, 2.24) is 10.2 Å². The maximum absolute atomic E-state index is 12.9. The first-order valence-electron chi connectivity index (χ1n) is 7.89. The van der Waals surface area contributed by atoms with Gasteiger partial charge in [0.2, 0.25) is 5.91 Å². The summed E-state index contributed by atoms with van der Waals surface area (Å²) in [5.41, 5.74) is 0.540. The fourth-order valence-electron chi connectivity index (χ4n) is 2.83. The topological polar surface area (TPSA) is 49.4 Å². The van der Waals surface area contributed by atoms with Gasteiger partial charge in [-0.1, -0.05) is 0 Å². The molecule has 1 atom stereocenters. The van der Waals surface area contributed by atoms with Crippen molar-refractivity contribution in [2.45, 2.75) is 26.2 Å². The third kappa shape index (κ3) is 4.63. The molecular weight excluding hydrogens is 283 g/mol. The zero-order chi connectivity index (χ0) is 15.9. The van der Waals surface area contributed by atoms with Gasteiger partial charge in [-0.25, -0.2) is 4.39 Å². The highest BCUT2D eigenvalue weighted by atomic mass is 19.1. The number of hydrogen-bond donors (Lipinski definition) is 1. The Morgan fingerprint density at radius 2 is 2.05 bits per heavy atom. The molecule has 1 heterocycles. The highest BCUT2D eigenvalue weighted by Gasteiger charge is 2.25. The van der Waals surface area contributed by atoms with Crippen LogP contribution in [0.15, 0.2) is 24.3 Å². The lowest BCUT2D eigenvalue weighted by Crippen LogP contribution is -2.43. The van der Waals surface area contributed by atoms with E-state index in [1.165, 1.54) is 24.3 Å². The average molecular weight is 306 g/mol. The standard InChI is InChI=1S/C17H23FN2O2/c1-2-19-17(22)14-4-3-10-20(12-14)11-9-16(21)13-5-7-15(18)8-6-13/h5-8,14H,2-4,9-12H2,1H3,(H,19,22)/t14-/m1/s1. The summed E-state index contributed by atoms with van der Waals surface area (Å²) < 4.78 is 12.9. The first-order valence-corrected chi connectivity index (χ1v) is 7.89. The van der Waals surface area contributed by atoms with Gasteiger partial charge in [0.05, 0.1) is 5.92 Å². The predicted octanol–water partition coefficient (Wildman–Crippen LogP) is 2.25. The largest absolute Gasteiger partial charge is 0.356 e. The van der Waals surface area contributed by atoms with Crippen LogP contribution in [0.1, 0.15) is 36.5 Å². The summed E-state index contributed by atoms with van der Waals surface area (Å²) in [4.78, 5) is 26.2. The van der Waals surface area contributed by atoms with Crippen LogP contribution in [0.25, 0.3) is 0 Å². The van der Waals surface area contributed by atoms with Crippen molar-refractivity contribution in [3.8, 4) is 0 Å². The molecule has 1 fully saturated rings. The van der Waals surface area contributed by atoms with Crippen molar-refractivity contribution < 1.29 is 14.0 Å². The molecule has 1 saturated heterocycles. The van der Waals surface area contributed by atoms with Crippen LogP contribution in [-0.4, -0.2) is 42.8 Å². The Hall–Kier alpha value is -1.75. The highest BCUT2D eigenvalue weighted by molar-refractivity contribution is 5.96. The number of piperidine rings is 1. The van der Waals surface area contributed by atoms with Gasteiger partial charge < -0.3 is 10.2 Å². The lowest BCUT2D eigenvalue weighted by molar-refractivity contribution is -0.126. The number of amides is 1. The van der Waals surface area contributed by atoms with Crippen LogP contribution in [0, 0.1) is 11.7 Å². The van der Waals surface area contributed by atoms with Crippen LogP contribution >= 0.6 is 0 Å². The molecule has 0 aromatic heterocycles. The van der Waals surface area contributed by atoms with E-state index in [0.29, 0.717) is 31.6 Å². The Morgan fingerprint density at radius 3 is 2.73 bits per heavy atom. The van der Waals surface area contributed by atoms with Crippen LogP contribution in [-0.2, 0) is 4.79 Å². The smallest absolute Gasteiger partial charge is 0.224 e. The molecule has 1 aromatic rings. The molecule has 0 radical (unpaired) electrons. The van der Waals surface area contributed by atoms with Crippen LogP contribution in [0.5, 0.6) is 0 Å². The molecule has 1 amide bonds. The molecule has 1 N–H and O–H groups in total. The summed E-state index contributed by atoms with van der Waals surface area (Å²) in [5, 5.41) is 2.86. The fraction of sp³-hybridized carbons (Fsp3) is 0.529. The van der Waals surface area contributed by atoms with E-state index in [0.717, 1.165) is 19.4 Å². The number of halogens is 1. The van der Waals surface area contributed by atoms with E-state index in [1.54, 1.807) is 0 Å². The Labute approximate surface area is 130 Å². The first kappa shape index (κ1) is 16.6. The zero-order valence-corrected chi connectivity index (χ0v) is 13.0. The van der Waals surface area contributed by atoms with E-state index in [4.69, 9.17) is 0 Å². The first-order chi connectivity index (χ1) is 10.6. The van der Waals surface area contributed by atoms with E-state index in [-0.39, 0.29) is 23.4 Å². The van der Waals surface area contributed by atoms with Crippen LogP contribution < -0.4 is 5.32 Å². The Morgan fingerprint density at radius 1 is 1.32 bits per heavy atom. The van der Waals surface area contributed by atoms with Crippen LogP contribution in [0.4, 0.5) is 4.39 Å². The second-order valence-electron chi connectivity index (χ2n) is 5.71. The zero-order valence-electron chi connectivity index (χ0n) is 13.0. The van der Waals surface area contributed by atoms with Crippen molar-refractivity contribution in [2.75, 3.05) is 26.2 Å². The minimum atomic E-state index is -0.336. The molecule has 120 valence electrons. The highest BCUT2D eigenvalue weighted by Crippen LogP contribution is 2.17. The third-order valence-electron chi connectivity index (χ3n) is 4.05. The Kier molecular flexibility index (Phi) is 6.07. The van der Waals surface area contributed by atoms with Crippen molar-refractivity contribution in [1.29, 1.82) is 0 Å². The van der Waals surface area contributed by atoms with Gasteiger partial charge in [0.1, 0.15) is 5.82 Å². The summed E-state index contributed by atoms with van der Waals surface area (Å²) in [5.74, 6) is -0.191. The maximum Gasteiger partial charge on any atom is 0.224 e. The SMILES string of the molecule is CCNC(=O)[C@@H]1CCCN(CCC(=O)c2ccc(F)cc2)C1. The molecule has 22 heavy (non-hydrogen) atoms. The van der Waals surface area contributed by atoms with E-state index in [9.17, 15) is 14.0 Å². The molecule has 1 aliphatic heterocycles. The predicted molar refractivity (Wildman–Crippen MR) is 83.2 cm³/mol.